The number of ether oxygens (including phenoxy) is 2. The summed E-state index contributed by atoms with van der Waals surface area (Å²) in [5, 5.41) is 20.2. The van der Waals surface area contributed by atoms with E-state index in [0.717, 1.165) is 12.0 Å². The number of aryl methyl sites for hydroxylation is 1. The quantitative estimate of drug-likeness (QED) is 0.220. The molecule has 2 N–H and O–H groups in total. The summed E-state index contributed by atoms with van der Waals surface area (Å²) in [6.45, 7) is 7.18. The fourth-order valence-corrected chi connectivity index (χ4v) is 4.05. The maximum atomic E-state index is 13.1. The van der Waals surface area contributed by atoms with Crippen molar-refractivity contribution < 1.29 is 29.3 Å². The summed E-state index contributed by atoms with van der Waals surface area (Å²) in [7, 11) is 0. The second-order valence-electron chi connectivity index (χ2n) is 8.32. The first-order valence-corrected chi connectivity index (χ1v) is 11.8. The molecule has 34 heavy (non-hydrogen) atoms. The summed E-state index contributed by atoms with van der Waals surface area (Å²) >= 11 is 0. The number of rotatable bonds is 11. The maximum Gasteiger partial charge on any atom is 0.295 e. The molecule has 0 bridgehead atoms. The molecule has 1 aliphatic rings. The molecule has 1 atom stereocenters. The predicted molar refractivity (Wildman–Crippen MR) is 130 cm³/mol. The Kier molecular flexibility index (Phi) is 8.71. The SMILES string of the molecule is CCCOc1ccc(/C(O)=C2\C(=O)C(=O)N(CCC)C2c2cccc(OCCCO)c2)cc1C. The van der Waals surface area contributed by atoms with Crippen molar-refractivity contribution >= 4 is 17.4 Å². The van der Waals surface area contributed by atoms with Crippen molar-refractivity contribution in [3.8, 4) is 11.5 Å². The van der Waals surface area contributed by atoms with Crippen LogP contribution in [0, 0.1) is 6.92 Å². The van der Waals surface area contributed by atoms with E-state index in [4.69, 9.17) is 14.6 Å². The fourth-order valence-electron chi connectivity index (χ4n) is 4.05. The number of Topliss-reactive ketones (excluding diaryl/α,β-unsaturated/α-hetero) is 1. The smallest absolute Gasteiger partial charge is 0.295 e. The van der Waals surface area contributed by atoms with Gasteiger partial charge in [-0.15, -0.1) is 0 Å². The summed E-state index contributed by atoms with van der Waals surface area (Å²) in [4.78, 5) is 27.5. The first-order chi connectivity index (χ1) is 16.4. The molecule has 1 heterocycles. The van der Waals surface area contributed by atoms with Crippen molar-refractivity contribution in [2.75, 3.05) is 26.4 Å². The van der Waals surface area contributed by atoms with Crippen LogP contribution in [0.2, 0.25) is 0 Å². The van der Waals surface area contributed by atoms with Crippen LogP contribution < -0.4 is 9.47 Å². The van der Waals surface area contributed by atoms with E-state index in [1.165, 1.54) is 4.90 Å². The highest BCUT2D eigenvalue weighted by Crippen LogP contribution is 2.40. The molecular formula is C27H33NO6. The number of amides is 1. The molecule has 0 aliphatic carbocycles. The molecule has 1 amide bonds. The number of hydrogen-bond acceptors (Lipinski definition) is 6. The lowest BCUT2D eigenvalue weighted by Gasteiger charge is -2.25. The Morgan fingerprint density at radius 3 is 2.50 bits per heavy atom. The fraction of sp³-hybridized carbons (Fsp3) is 0.407. The van der Waals surface area contributed by atoms with E-state index in [-0.39, 0.29) is 17.9 Å². The number of likely N-dealkylation sites (tertiary alicyclic amines) is 1. The zero-order valence-corrected chi connectivity index (χ0v) is 20.0. The predicted octanol–water partition coefficient (Wildman–Crippen LogP) is 4.38. The Morgan fingerprint density at radius 2 is 1.82 bits per heavy atom. The van der Waals surface area contributed by atoms with Gasteiger partial charge in [-0.3, -0.25) is 9.59 Å². The van der Waals surface area contributed by atoms with Gasteiger partial charge < -0.3 is 24.6 Å². The average molecular weight is 468 g/mol. The van der Waals surface area contributed by atoms with E-state index in [2.05, 4.69) is 0 Å². The summed E-state index contributed by atoms with van der Waals surface area (Å²) in [5.41, 5.74) is 2.02. The largest absolute Gasteiger partial charge is 0.507 e. The van der Waals surface area contributed by atoms with Gasteiger partial charge in [0.15, 0.2) is 0 Å². The van der Waals surface area contributed by atoms with Gasteiger partial charge in [0.1, 0.15) is 17.3 Å². The molecule has 7 heteroatoms. The molecule has 1 saturated heterocycles. The number of aliphatic hydroxyl groups is 2. The van der Waals surface area contributed by atoms with E-state index in [0.29, 0.717) is 55.2 Å². The van der Waals surface area contributed by atoms with Gasteiger partial charge in [-0.1, -0.05) is 26.0 Å². The zero-order valence-electron chi connectivity index (χ0n) is 20.0. The minimum atomic E-state index is -0.724. The van der Waals surface area contributed by atoms with Crippen LogP contribution in [0.25, 0.3) is 5.76 Å². The molecule has 3 rings (SSSR count). The van der Waals surface area contributed by atoms with Gasteiger partial charge in [0.05, 0.1) is 24.8 Å². The molecule has 7 nitrogen and oxygen atoms in total. The molecule has 1 aliphatic heterocycles. The number of aliphatic hydroxyl groups excluding tert-OH is 2. The van der Waals surface area contributed by atoms with Gasteiger partial charge in [0.25, 0.3) is 11.7 Å². The topological polar surface area (TPSA) is 96.3 Å². The Bertz CT molecular complexity index is 1060. The van der Waals surface area contributed by atoms with Gasteiger partial charge in [0, 0.05) is 25.1 Å². The van der Waals surface area contributed by atoms with E-state index in [1.807, 2.05) is 26.8 Å². The number of benzene rings is 2. The maximum absolute atomic E-state index is 13.1. The second-order valence-corrected chi connectivity index (χ2v) is 8.32. The number of nitrogens with zero attached hydrogens (tertiary/aromatic N) is 1. The Morgan fingerprint density at radius 1 is 1.03 bits per heavy atom. The van der Waals surface area contributed by atoms with E-state index >= 15 is 0 Å². The zero-order chi connectivity index (χ0) is 24.7. The molecule has 2 aromatic carbocycles. The molecule has 0 radical (unpaired) electrons. The first-order valence-electron chi connectivity index (χ1n) is 11.8. The summed E-state index contributed by atoms with van der Waals surface area (Å²) in [6.07, 6.45) is 2.04. The summed E-state index contributed by atoms with van der Waals surface area (Å²) in [5.74, 6) is -0.250. The van der Waals surface area contributed by atoms with Crippen LogP contribution in [0.15, 0.2) is 48.0 Å². The van der Waals surface area contributed by atoms with Gasteiger partial charge in [0.2, 0.25) is 0 Å². The van der Waals surface area contributed by atoms with Crippen molar-refractivity contribution in [3.63, 3.8) is 0 Å². The third-order valence-corrected chi connectivity index (χ3v) is 5.66. The summed E-state index contributed by atoms with van der Waals surface area (Å²) < 4.78 is 11.4. The number of ketones is 1. The average Bonchev–Trinajstić information content (AvgIpc) is 3.08. The van der Waals surface area contributed by atoms with Crippen LogP contribution in [0.1, 0.15) is 55.8 Å². The third kappa shape index (κ3) is 5.42. The second kappa shape index (κ2) is 11.7. The monoisotopic (exact) mass is 467 g/mol. The van der Waals surface area contributed by atoms with Crippen LogP contribution in [0.4, 0.5) is 0 Å². The summed E-state index contributed by atoms with van der Waals surface area (Å²) in [6, 6.07) is 11.7. The molecule has 0 aromatic heterocycles. The van der Waals surface area contributed by atoms with Gasteiger partial charge in [-0.25, -0.2) is 0 Å². The highest BCUT2D eigenvalue weighted by atomic mass is 16.5. The number of carbonyl (C=O) groups excluding carboxylic acids is 2. The minimum absolute atomic E-state index is 0.0258. The van der Waals surface area contributed by atoms with Gasteiger partial charge >= 0.3 is 0 Å². The molecule has 2 aromatic rings. The Hall–Kier alpha value is -3.32. The standard InChI is InChI=1S/C27H33NO6/c1-4-12-28-24(19-8-6-9-21(17-19)33-15-7-13-29)23(26(31)27(28)32)25(30)20-10-11-22(18(3)16-20)34-14-5-2/h6,8-11,16-17,24,29-30H,4-5,7,12-15H2,1-3H3/b25-23+. The molecule has 182 valence electrons. The minimum Gasteiger partial charge on any atom is -0.507 e. The van der Waals surface area contributed by atoms with E-state index < -0.39 is 17.7 Å². The molecule has 0 spiro atoms. The van der Waals surface area contributed by atoms with Gasteiger partial charge in [-0.05, 0) is 61.2 Å². The Balaban J connectivity index is 2.06. The third-order valence-electron chi connectivity index (χ3n) is 5.66. The van der Waals surface area contributed by atoms with Crippen LogP contribution in [-0.2, 0) is 9.59 Å². The number of carbonyl (C=O) groups is 2. The van der Waals surface area contributed by atoms with Crippen molar-refractivity contribution in [3.05, 3.63) is 64.7 Å². The van der Waals surface area contributed by atoms with E-state index in [1.54, 1.807) is 36.4 Å². The molecule has 0 saturated carbocycles. The highest BCUT2D eigenvalue weighted by molar-refractivity contribution is 6.46. The van der Waals surface area contributed by atoms with Crippen molar-refractivity contribution in [1.82, 2.24) is 4.90 Å². The van der Waals surface area contributed by atoms with Crippen LogP contribution in [0.3, 0.4) is 0 Å². The van der Waals surface area contributed by atoms with E-state index in [9.17, 15) is 14.7 Å². The lowest BCUT2D eigenvalue weighted by atomic mass is 9.94. The van der Waals surface area contributed by atoms with Crippen LogP contribution in [-0.4, -0.2) is 53.2 Å². The lowest BCUT2D eigenvalue weighted by molar-refractivity contribution is -0.139. The molecular weight excluding hydrogens is 434 g/mol. The van der Waals surface area contributed by atoms with Crippen molar-refractivity contribution in [2.24, 2.45) is 0 Å². The Labute approximate surface area is 200 Å². The molecule has 1 fully saturated rings. The van der Waals surface area contributed by atoms with Crippen molar-refractivity contribution in [2.45, 2.75) is 46.1 Å². The number of hydrogen-bond donors (Lipinski definition) is 2. The normalized spacial score (nSPS) is 17.3. The van der Waals surface area contributed by atoms with Crippen LogP contribution in [0.5, 0.6) is 11.5 Å². The molecule has 1 unspecified atom stereocenters. The van der Waals surface area contributed by atoms with Gasteiger partial charge in [-0.2, -0.15) is 0 Å². The lowest BCUT2D eigenvalue weighted by Crippen LogP contribution is -2.30. The highest BCUT2D eigenvalue weighted by Gasteiger charge is 2.45. The van der Waals surface area contributed by atoms with Crippen molar-refractivity contribution in [1.29, 1.82) is 0 Å². The van der Waals surface area contributed by atoms with Crippen LogP contribution >= 0.6 is 0 Å². The first kappa shape index (κ1) is 25.3.